The van der Waals surface area contributed by atoms with E-state index in [1.54, 1.807) is 25.1 Å². The van der Waals surface area contributed by atoms with Crippen LogP contribution >= 0.6 is 0 Å². The third-order valence-electron chi connectivity index (χ3n) is 4.41. The van der Waals surface area contributed by atoms with Crippen molar-refractivity contribution in [3.05, 3.63) is 72.1 Å². The molecule has 0 spiro atoms. The maximum atomic E-state index is 12.9. The number of hydrogen-bond donors (Lipinski definition) is 0. The van der Waals surface area contributed by atoms with E-state index in [0.717, 1.165) is 5.56 Å². The second kappa shape index (κ2) is 6.19. The molecule has 0 N–H and O–H groups in total. The van der Waals surface area contributed by atoms with Crippen LogP contribution < -0.4 is 0 Å². The first-order valence-corrected chi connectivity index (χ1v) is 9.59. The number of carbonyl (C=O) groups is 1. The number of carbonyl (C=O) groups excluding carboxylic acids is 1. The fourth-order valence-corrected chi connectivity index (χ4v) is 4.56. The highest BCUT2D eigenvalue weighted by atomic mass is 32.2. The van der Waals surface area contributed by atoms with Gasteiger partial charge in [0.15, 0.2) is 5.76 Å². The SMILES string of the molecule is CC1C(=O)c2oc(-c3ccccc3)nc2CN1S(=O)(=O)c1ccccc1. The van der Waals surface area contributed by atoms with Crippen LogP contribution in [-0.2, 0) is 16.6 Å². The highest BCUT2D eigenvalue weighted by Gasteiger charge is 2.41. The van der Waals surface area contributed by atoms with E-state index in [2.05, 4.69) is 4.98 Å². The monoisotopic (exact) mass is 368 g/mol. The Hall–Kier alpha value is -2.77. The average Bonchev–Trinajstić information content (AvgIpc) is 3.10. The van der Waals surface area contributed by atoms with Gasteiger partial charge >= 0.3 is 0 Å². The van der Waals surface area contributed by atoms with E-state index < -0.39 is 16.1 Å². The minimum Gasteiger partial charge on any atom is -0.433 e. The van der Waals surface area contributed by atoms with Crippen molar-refractivity contribution in [2.45, 2.75) is 24.4 Å². The molecule has 6 nitrogen and oxygen atoms in total. The normalized spacial score (nSPS) is 17.9. The van der Waals surface area contributed by atoms with Crippen molar-refractivity contribution in [1.82, 2.24) is 9.29 Å². The molecule has 26 heavy (non-hydrogen) atoms. The first kappa shape index (κ1) is 16.7. The van der Waals surface area contributed by atoms with Gasteiger partial charge in [0.25, 0.3) is 0 Å². The number of nitrogens with zero attached hydrogens (tertiary/aromatic N) is 2. The van der Waals surface area contributed by atoms with E-state index in [4.69, 9.17) is 4.42 Å². The standard InChI is InChI=1S/C19H16N2O4S/c1-13-17(22)18-16(20-19(25-18)14-8-4-2-5-9-14)12-21(13)26(23,24)15-10-6-3-7-11-15/h2-11,13H,12H2,1H3. The molecule has 2 heterocycles. The lowest BCUT2D eigenvalue weighted by Gasteiger charge is -2.29. The van der Waals surface area contributed by atoms with Crippen LogP contribution in [0, 0.1) is 0 Å². The summed E-state index contributed by atoms with van der Waals surface area (Å²) in [7, 11) is -3.81. The van der Waals surface area contributed by atoms with Crippen molar-refractivity contribution in [1.29, 1.82) is 0 Å². The molecule has 4 rings (SSSR count). The molecule has 132 valence electrons. The lowest BCUT2D eigenvalue weighted by atomic mass is 10.1. The Bertz CT molecular complexity index is 1060. The number of hydrogen-bond acceptors (Lipinski definition) is 5. The van der Waals surface area contributed by atoms with Crippen molar-refractivity contribution in [2.24, 2.45) is 0 Å². The molecular weight excluding hydrogens is 352 g/mol. The van der Waals surface area contributed by atoms with Crippen LogP contribution in [0.1, 0.15) is 23.2 Å². The molecular formula is C19H16N2O4S. The van der Waals surface area contributed by atoms with Crippen molar-refractivity contribution in [3.63, 3.8) is 0 Å². The van der Waals surface area contributed by atoms with Crippen LogP contribution in [0.2, 0.25) is 0 Å². The smallest absolute Gasteiger partial charge is 0.244 e. The molecule has 3 aromatic rings. The molecule has 0 aliphatic carbocycles. The molecule has 1 atom stereocenters. The summed E-state index contributed by atoms with van der Waals surface area (Å²) >= 11 is 0. The van der Waals surface area contributed by atoms with Crippen LogP contribution in [0.15, 0.2) is 70.0 Å². The van der Waals surface area contributed by atoms with Gasteiger partial charge in [0, 0.05) is 5.56 Å². The summed E-state index contributed by atoms with van der Waals surface area (Å²) in [4.78, 5) is 17.2. The first-order valence-electron chi connectivity index (χ1n) is 8.14. The summed E-state index contributed by atoms with van der Waals surface area (Å²) in [6, 6.07) is 16.4. The number of oxazole rings is 1. The molecule has 0 bridgehead atoms. The van der Waals surface area contributed by atoms with Gasteiger partial charge in [0.1, 0.15) is 5.69 Å². The minimum atomic E-state index is -3.81. The molecule has 0 fully saturated rings. The molecule has 1 aromatic heterocycles. The number of Topliss-reactive ketones (excluding diaryl/α,β-unsaturated/α-hetero) is 1. The zero-order valence-electron chi connectivity index (χ0n) is 14.0. The van der Waals surface area contributed by atoms with Crippen molar-refractivity contribution in [3.8, 4) is 11.5 Å². The minimum absolute atomic E-state index is 0.00417. The van der Waals surface area contributed by atoms with E-state index in [0.29, 0.717) is 11.6 Å². The zero-order chi connectivity index (χ0) is 18.3. The van der Waals surface area contributed by atoms with Crippen molar-refractivity contribution >= 4 is 15.8 Å². The third-order valence-corrected chi connectivity index (χ3v) is 6.34. The molecule has 0 radical (unpaired) electrons. The van der Waals surface area contributed by atoms with E-state index >= 15 is 0 Å². The van der Waals surface area contributed by atoms with E-state index in [-0.39, 0.29) is 23.0 Å². The predicted molar refractivity (Wildman–Crippen MR) is 94.9 cm³/mol. The number of fused-ring (bicyclic) bond motifs is 1. The van der Waals surface area contributed by atoms with Crippen LogP contribution in [0.25, 0.3) is 11.5 Å². The van der Waals surface area contributed by atoms with Gasteiger partial charge in [-0.2, -0.15) is 4.31 Å². The van der Waals surface area contributed by atoms with Gasteiger partial charge in [-0.05, 0) is 31.2 Å². The fraction of sp³-hybridized carbons (Fsp3) is 0.158. The second-order valence-corrected chi connectivity index (χ2v) is 7.95. The quantitative estimate of drug-likeness (QED) is 0.710. The molecule has 2 aromatic carbocycles. The summed E-state index contributed by atoms with van der Waals surface area (Å²) in [6.07, 6.45) is 0. The maximum Gasteiger partial charge on any atom is 0.244 e. The average molecular weight is 368 g/mol. The Balaban J connectivity index is 1.75. The Kier molecular flexibility index (Phi) is 3.97. The third kappa shape index (κ3) is 2.65. The predicted octanol–water partition coefficient (Wildman–Crippen LogP) is 3.12. The molecule has 7 heteroatoms. The van der Waals surface area contributed by atoms with Crippen LogP contribution in [0.5, 0.6) is 0 Å². The summed E-state index contributed by atoms with van der Waals surface area (Å²) in [5.74, 6) is 0.0615. The number of benzene rings is 2. The summed E-state index contributed by atoms with van der Waals surface area (Å²) in [6.45, 7) is 1.56. The number of aromatic nitrogens is 1. The highest BCUT2D eigenvalue weighted by molar-refractivity contribution is 7.89. The summed E-state index contributed by atoms with van der Waals surface area (Å²) in [5.41, 5.74) is 1.08. The van der Waals surface area contributed by atoms with Gasteiger partial charge in [-0.25, -0.2) is 13.4 Å². The fourth-order valence-electron chi connectivity index (χ4n) is 2.98. The van der Waals surface area contributed by atoms with E-state index in [1.165, 1.54) is 16.4 Å². The van der Waals surface area contributed by atoms with E-state index in [1.807, 2.05) is 30.3 Å². The highest BCUT2D eigenvalue weighted by Crippen LogP contribution is 2.31. The number of ketones is 1. The lowest BCUT2D eigenvalue weighted by Crippen LogP contribution is -2.46. The number of rotatable bonds is 3. The van der Waals surface area contributed by atoms with Crippen LogP contribution in [-0.4, -0.2) is 29.5 Å². The van der Waals surface area contributed by atoms with Crippen LogP contribution in [0.4, 0.5) is 0 Å². The van der Waals surface area contributed by atoms with Gasteiger partial charge < -0.3 is 4.42 Å². The molecule has 1 aliphatic rings. The zero-order valence-corrected chi connectivity index (χ0v) is 14.8. The Morgan fingerprint density at radius 3 is 2.31 bits per heavy atom. The maximum absolute atomic E-state index is 12.9. The summed E-state index contributed by atoms with van der Waals surface area (Å²) < 4.78 is 32.7. The van der Waals surface area contributed by atoms with Crippen LogP contribution in [0.3, 0.4) is 0 Å². The molecule has 0 saturated heterocycles. The lowest BCUT2D eigenvalue weighted by molar-refractivity contribution is 0.0851. The topological polar surface area (TPSA) is 80.5 Å². The van der Waals surface area contributed by atoms with Gasteiger partial charge in [0.2, 0.25) is 21.7 Å². The van der Waals surface area contributed by atoms with Gasteiger partial charge in [-0.3, -0.25) is 4.79 Å². The Morgan fingerprint density at radius 1 is 1.04 bits per heavy atom. The largest absolute Gasteiger partial charge is 0.433 e. The summed E-state index contributed by atoms with van der Waals surface area (Å²) in [5, 5.41) is 0. The first-order chi connectivity index (χ1) is 12.5. The van der Waals surface area contributed by atoms with Crippen molar-refractivity contribution < 1.29 is 17.6 Å². The van der Waals surface area contributed by atoms with Gasteiger partial charge in [-0.15, -0.1) is 0 Å². The molecule has 1 aliphatic heterocycles. The molecule has 0 amide bonds. The van der Waals surface area contributed by atoms with E-state index in [9.17, 15) is 13.2 Å². The second-order valence-electron chi connectivity index (χ2n) is 6.06. The Morgan fingerprint density at radius 2 is 1.65 bits per heavy atom. The molecule has 1 unspecified atom stereocenters. The Labute approximate surface area is 151 Å². The number of sulfonamides is 1. The van der Waals surface area contributed by atoms with Gasteiger partial charge in [-0.1, -0.05) is 36.4 Å². The van der Waals surface area contributed by atoms with Gasteiger partial charge in [0.05, 0.1) is 17.5 Å². The molecule has 0 saturated carbocycles. The van der Waals surface area contributed by atoms with Crippen molar-refractivity contribution in [2.75, 3.05) is 0 Å².